The summed E-state index contributed by atoms with van der Waals surface area (Å²) in [6.45, 7) is -0.380. The van der Waals surface area contributed by atoms with Gasteiger partial charge in [-0.2, -0.15) is 0 Å². The predicted octanol–water partition coefficient (Wildman–Crippen LogP) is -1.12. The fourth-order valence-electron chi connectivity index (χ4n) is 1.75. The number of carbonyl (C=O) groups is 3. The molecular weight excluding hydrogens is 192 g/mol. The van der Waals surface area contributed by atoms with Gasteiger partial charge in [-0.3, -0.25) is 14.4 Å². The molecule has 6 heteroatoms. The third kappa shape index (κ3) is 0.826. The maximum absolute atomic E-state index is 11.4. The average Bonchev–Trinajstić information content (AvgIpc) is 2.68. The normalized spacial score (nSPS) is 34.8. The molecule has 76 valence electrons. The van der Waals surface area contributed by atoms with Crippen molar-refractivity contribution in [3.63, 3.8) is 0 Å². The summed E-state index contributed by atoms with van der Waals surface area (Å²) in [7, 11) is 1.16. The summed E-state index contributed by atoms with van der Waals surface area (Å²) in [5.74, 6) is -2.93. The molecule has 0 radical (unpaired) electrons. The SMILES string of the molecule is COC(=O)[C@@]12COC(=O)[C@H]1COC2=O. The van der Waals surface area contributed by atoms with Crippen molar-refractivity contribution < 1.29 is 28.6 Å². The number of ether oxygens (including phenoxy) is 3. The highest BCUT2D eigenvalue weighted by Gasteiger charge is 2.67. The summed E-state index contributed by atoms with van der Waals surface area (Å²) in [5, 5.41) is 0. The molecule has 0 N–H and O–H groups in total. The van der Waals surface area contributed by atoms with Gasteiger partial charge in [-0.1, -0.05) is 0 Å². The van der Waals surface area contributed by atoms with E-state index in [4.69, 9.17) is 0 Å². The van der Waals surface area contributed by atoms with E-state index < -0.39 is 29.2 Å². The van der Waals surface area contributed by atoms with E-state index in [-0.39, 0.29) is 13.2 Å². The molecule has 0 amide bonds. The largest absolute Gasteiger partial charge is 0.468 e. The van der Waals surface area contributed by atoms with Crippen LogP contribution in [0.1, 0.15) is 0 Å². The van der Waals surface area contributed by atoms with Crippen LogP contribution in [0.4, 0.5) is 0 Å². The third-order valence-electron chi connectivity index (χ3n) is 2.62. The summed E-state index contributed by atoms with van der Waals surface area (Å²) in [4.78, 5) is 34.0. The van der Waals surface area contributed by atoms with Crippen molar-refractivity contribution >= 4 is 17.9 Å². The van der Waals surface area contributed by atoms with E-state index in [2.05, 4.69) is 14.2 Å². The second kappa shape index (κ2) is 2.70. The summed E-state index contributed by atoms with van der Waals surface area (Å²) in [6, 6.07) is 0. The lowest BCUT2D eigenvalue weighted by atomic mass is 9.80. The van der Waals surface area contributed by atoms with Crippen molar-refractivity contribution in [2.24, 2.45) is 11.3 Å². The van der Waals surface area contributed by atoms with Crippen molar-refractivity contribution in [1.82, 2.24) is 0 Å². The molecule has 2 fully saturated rings. The van der Waals surface area contributed by atoms with Crippen LogP contribution in [0.2, 0.25) is 0 Å². The van der Waals surface area contributed by atoms with Crippen LogP contribution < -0.4 is 0 Å². The van der Waals surface area contributed by atoms with Crippen molar-refractivity contribution in [3.8, 4) is 0 Å². The Morgan fingerprint density at radius 2 is 2.21 bits per heavy atom. The zero-order valence-corrected chi connectivity index (χ0v) is 7.44. The molecule has 0 aromatic rings. The lowest BCUT2D eigenvalue weighted by Gasteiger charge is -2.16. The van der Waals surface area contributed by atoms with Crippen molar-refractivity contribution in [2.75, 3.05) is 20.3 Å². The van der Waals surface area contributed by atoms with E-state index in [9.17, 15) is 14.4 Å². The molecule has 0 bridgehead atoms. The van der Waals surface area contributed by atoms with Gasteiger partial charge < -0.3 is 14.2 Å². The lowest BCUT2D eigenvalue weighted by molar-refractivity contribution is -0.164. The molecule has 0 saturated carbocycles. The second-order valence-corrected chi connectivity index (χ2v) is 3.22. The van der Waals surface area contributed by atoms with Crippen LogP contribution in [0.15, 0.2) is 0 Å². The molecular formula is C8H8O6. The van der Waals surface area contributed by atoms with Crippen LogP contribution in [0, 0.1) is 11.3 Å². The maximum Gasteiger partial charge on any atom is 0.328 e. The van der Waals surface area contributed by atoms with Crippen molar-refractivity contribution in [3.05, 3.63) is 0 Å². The highest BCUT2D eigenvalue weighted by molar-refractivity contribution is 6.07. The Morgan fingerprint density at radius 3 is 2.86 bits per heavy atom. The van der Waals surface area contributed by atoms with Crippen LogP contribution in [-0.4, -0.2) is 38.2 Å². The molecule has 2 atom stereocenters. The van der Waals surface area contributed by atoms with Gasteiger partial charge in [0.25, 0.3) is 0 Å². The fraction of sp³-hybridized carbons (Fsp3) is 0.625. The van der Waals surface area contributed by atoms with Crippen LogP contribution in [-0.2, 0) is 28.6 Å². The van der Waals surface area contributed by atoms with Gasteiger partial charge in [-0.15, -0.1) is 0 Å². The molecule has 0 unspecified atom stereocenters. The summed E-state index contributed by atoms with van der Waals surface area (Å²) in [6.07, 6.45) is 0. The van der Waals surface area contributed by atoms with Crippen LogP contribution in [0.5, 0.6) is 0 Å². The molecule has 2 rings (SSSR count). The number of methoxy groups -OCH3 is 1. The number of cyclic esters (lactones) is 2. The first-order chi connectivity index (χ1) is 6.63. The molecule has 0 aromatic heterocycles. The number of hydrogen-bond acceptors (Lipinski definition) is 6. The number of fused-ring (bicyclic) bond motifs is 1. The van der Waals surface area contributed by atoms with Gasteiger partial charge >= 0.3 is 17.9 Å². The highest BCUT2D eigenvalue weighted by Crippen LogP contribution is 2.42. The molecule has 0 aliphatic carbocycles. The van der Waals surface area contributed by atoms with Crippen LogP contribution >= 0.6 is 0 Å². The van der Waals surface area contributed by atoms with Gasteiger partial charge in [-0.05, 0) is 0 Å². The number of rotatable bonds is 1. The predicted molar refractivity (Wildman–Crippen MR) is 39.9 cm³/mol. The molecule has 2 heterocycles. The van der Waals surface area contributed by atoms with E-state index >= 15 is 0 Å². The standard InChI is InChI=1S/C8H8O6/c1-12-6(10)8-3-14-5(9)4(8)2-13-7(8)11/h4H,2-3H2,1H3/t4-,8-/m1/s1. The monoisotopic (exact) mass is 200 g/mol. The van der Waals surface area contributed by atoms with Gasteiger partial charge in [0.1, 0.15) is 19.1 Å². The average molecular weight is 200 g/mol. The zero-order chi connectivity index (χ0) is 10.3. The Hall–Kier alpha value is -1.59. The van der Waals surface area contributed by atoms with Gasteiger partial charge in [0.15, 0.2) is 0 Å². The molecule has 14 heavy (non-hydrogen) atoms. The van der Waals surface area contributed by atoms with E-state index in [1.54, 1.807) is 0 Å². The summed E-state index contributed by atoms with van der Waals surface area (Å²) in [5.41, 5.74) is -1.55. The van der Waals surface area contributed by atoms with Crippen LogP contribution in [0.25, 0.3) is 0 Å². The van der Waals surface area contributed by atoms with Gasteiger partial charge in [0.05, 0.1) is 7.11 Å². The number of hydrogen-bond donors (Lipinski definition) is 0. The molecule has 2 aliphatic rings. The first-order valence-electron chi connectivity index (χ1n) is 4.05. The molecule has 2 saturated heterocycles. The Kier molecular flexibility index (Phi) is 1.73. The van der Waals surface area contributed by atoms with Gasteiger partial charge in [0, 0.05) is 0 Å². The minimum atomic E-state index is -1.55. The number of esters is 3. The highest BCUT2D eigenvalue weighted by atomic mass is 16.6. The number of carbonyl (C=O) groups excluding carboxylic acids is 3. The Morgan fingerprint density at radius 1 is 1.50 bits per heavy atom. The quantitative estimate of drug-likeness (QED) is 0.303. The smallest absolute Gasteiger partial charge is 0.328 e. The van der Waals surface area contributed by atoms with Gasteiger partial charge in [0.2, 0.25) is 5.41 Å². The van der Waals surface area contributed by atoms with E-state index in [1.807, 2.05) is 0 Å². The Labute approximate surface area is 79.1 Å². The van der Waals surface area contributed by atoms with E-state index in [0.29, 0.717) is 0 Å². The van der Waals surface area contributed by atoms with Crippen LogP contribution in [0.3, 0.4) is 0 Å². The Bertz CT molecular complexity index is 322. The molecule has 0 spiro atoms. The lowest BCUT2D eigenvalue weighted by Crippen LogP contribution is -2.42. The summed E-state index contributed by atoms with van der Waals surface area (Å²) >= 11 is 0. The minimum absolute atomic E-state index is 0.104. The molecule has 6 nitrogen and oxygen atoms in total. The van der Waals surface area contributed by atoms with Crippen molar-refractivity contribution in [1.29, 1.82) is 0 Å². The topological polar surface area (TPSA) is 78.9 Å². The molecule has 0 aromatic carbocycles. The first-order valence-corrected chi connectivity index (χ1v) is 4.05. The second-order valence-electron chi connectivity index (χ2n) is 3.22. The van der Waals surface area contributed by atoms with E-state index in [0.717, 1.165) is 7.11 Å². The summed E-state index contributed by atoms with van der Waals surface area (Å²) < 4.78 is 13.8. The van der Waals surface area contributed by atoms with E-state index in [1.165, 1.54) is 0 Å². The third-order valence-corrected chi connectivity index (χ3v) is 2.62. The Balaban J connectivity index is 2.42. The first kappa shape index (κ1) is 8.98. The zero-order valence-electron chi connectivity index (χ0n) is 7.44. The molecule has 2 aliphatic heterocycles. The minimum Gasteiger partial charge on any atom is -0.468 e. The van der Waals surface area contributed by atoms with Gasteiger partial charge in [-0.25, -0.2) is 0 Å². The maximum atomic E-state index is 11.4. The van der Waals surface area contributed by atoms with Crippen molar-refractivity contribution in [2.45, 2.75) is 0 Å². The fourth-order valence-corrected chi connectivity index (χ4v) is 1.75.